The highest BCUT2D eigenvalue weighted by Gasteiger charge is 2.42. The molecule has 0 fully saturated rings. The predicted molar refractivity (Wildman–Crippen MR) is 273 cm³/mol. The lowest BCUT2D eigenvalue weighted by atomic mass is 9.79. The van der Waals surface area contributed by atoms with Crippen molar-refractivity contribution >= 4 is 22.1 Å². The number of hydrogen-bond acceptors (Lipinski definition) is 2. The molecule has 314 valence electrons. The van der Waals surface area contributed by atoms with Crippen molar-refractivity contribution < 1.29 is 0 Å². The summed E-state index contributed by atoms with van der Waals surface area (Å²) in [6, 6.07) is 74.9. The van der Waals surface area contributed by atoms with Crippen molar-refractivity contribution in [1.82, 2.24) is 19.1 Å². The zero-order valence-corrected chi connectivity index (χ0v) is 37.4. The smallest absolute Gasteiger partial charge is 0.145 e. The van der Waals surface area contributed by atoms with E-state index in [-0.39, 0.29) is 10.8 Å². The topological polar surface area (TPSA) is 35.6 Å². The van der Waals surface area contributed by atoms with Crippen molar-refractivity contribution in [2.24, 2.45) is 0 Å². The van der Waals surface area contributed by atoms with Crippen LogP contribution in [0.1, 0.15) is 49.9 Å². The molecule has 0 N–H and O–H groups in total. The standard InChI is InChI=1S/C62H46N4/c1-61(2)51-35-43(39-23-27-41(28-24-39)59-63-55-19-11-13-21-57(55)65(59)45-15-7-5-8-16-45)31-33-47(51)49-38-54-50(37-53(49)61)48-34-32-44(36-52(48)62(54,3)4)40-25-29-42(30-26-40)60-64-56-20-12-14-22-58(56)66(60)46-17-9-6-10-18-46/h5-38H,1-4H3. The minimum Gasteiger partial charge on any atom is -0.292 e. The Morgan fingerprint density at radius 2 is 0.636 bits per heavy atom. The first kappa shape index (κ1) is 38.4. The number of aromatic nitrogens is 4. The number of imidazole rings is 2. The molecular formula is C62H46N4. The van der Waals surface area contributed by atoms with Gasteiger partial charge in [-0.2, -0.15) is 0 Å². The van der Waals surface area contributed by atoms with Gasteiger partial charge in [-0.05, 0) is 140 Å². The van der Waals surface area contributed by atoms with Crippen molar-refractivity contribution in [2.45, 2.75) is 38.5 Å². The first-order valence-corrected chi connectivity index (χ1v) is 23.0. The van der Waals surface area contributed by atoms with E-state index in [4.69, 9.17) is 9.97 Å². The molecule has 0 amide bonds. The molecule has 2 aromatic heterocycles. The quantitative estimate of drug-likeness (QED) is 0.167. The maximum atomic E-state index is 5.11. The van der Waals surface area contributed by atoms with Crippen molar-refractivity contribution in [3.63, 3.8) is 0 Å². The van der Waals surface area contributed by atoms with Crippen molar-refractivity contribution in [1.29, 1.82) is 0 Å². The average molecular weight is 847 g/mol. The monoisotopic (exact) mass is 846 g/mol. The van der Waals surface area contributed by atoms with E-state index in [9.17, 15) is 0 Å². The van der Waals surface area contributed by atoms with Crippen molar-refractivity contribution in [2.75, 3.05) is 0 Å². The van der Waals surface area contributed by atoms with E-state index in [0.717, 1.165) is 56.2 Å². The van der Waals surface area contributed by atoms with E-state index in [1.807, 2.05) is 0 Å². The summed E-state index contributed by atoms with van der Waals surface area (Å²) in [7, 11) is 0. The van der Waals surface area contributed by atoms with Crippen LogP contribution in [0.5, 0.6) is 0 Å². The molecule has 0 spiro atoms. The molecule has 0 saturated carbocycles. The van der Waals surface area contributed by atoms with Gasteiger partial charge in [0.1, 0.15) is 11.6 Å². The summed E-state index contributed by atoms with van der Waals surface area (Å²) < 4.78 is 4.53. The van der Waals surface area contributed by atoms with E-state index in [2.05, 4.69) is 243 Å². The molecule has 11 aromatic rings. The summed E-state index contributed by atoms with van der Waals surface area (Å²) in [6.07, 6.45) is 0. The van der Waals surface area contributed by atoms with Gasteiger partial charge >= 0.3 is 0 Å². The second-order valence-corrected chi connectivity index (χ2v) is 19.1. The molecule has 0 aliphatic heterocycles. The van der Waals surface area contributed by atoms with Gasteiger partial charge in [0.05, 0.1) is 22.1 Å². The third-order valence-electron chi connectivity index (χ3n) is 14.6. The minimum absolute atomic E-state index is 0.161. The second-order valence-electron chi connectivity index (χ2n) is 19.1. The summed E-state index contributed by atoms with van der Waals surface area (Å²) in [5.74, 6) is 1.89. The van der Waals surface area contributed by atoms with E-state index >= 15 is 0 Å². The molecule has 0 saturated heterocycles. The van der Waals surface area contributed by atoms with Crippen LogP contribution in [0.2, 0.25) is 0 Å². The summed E-state index contributed by atoms with van der Waals surface area (Å²) in [4.78, 5) is 10.2. The molecule has 0 bridgehead atoms. The summed E-state index contributed by atoms with van der Waals surface area (Å²) in [6.45, 7) is 9.59. The van der Waals surface area contributed by atoms with Crippen LogP contribution in [0.25, 0.3) is 101 Å². The zero-order chi connectivity index (χ0) is 44.3. The van der Waals surface area contributed by atoms with Crippen LogP contribution >= 0.6 is 0 Å². The Morgan fingerprint density at radius 1 is 0.303 bits per heavy atom. The lowest BCUT2D eigenvalue weighted by Crippen LogP contribution is -2.17. The van der Waals surface area contributed by atoms with E-state index in [1.165, 1.54) is 66.8 Å². The number of benzene rings is 9. The highest BCUT2D eigenvalue weighted by atomic mass is 15.1. The van der Waals surface area contributed by atoms with Crippen molar-refractivity contribution in [3.8, 4) is 78.7 Å². The molecule has 13 rings (SSSR count). The Hall–Kier alpha value is -8.08. The molecule has 66 heavy (non-hydrogen) atoms. The van der Waals surface area contributed by atoms with Gasteiger partial charge in [-0.15, -0.1) is 0 Å². The fraction of sp³-hybridized carbons (Fsp3) is 0.0968. The molecule has 2 aliphatic rings. The predicted octanol–water partition coefficient (Wildman–Crippen LogP) is 15.6. The number of rotatable bonds is 6. The molecule has 2 heterocycles. The Labute approximate surface area is 385 Å². The van der Waals surface area contributed by atoms with Crippen LogP contribution < -0.4 is 0 Å². The maximum absolute atomic E-state index is 5.11. The molecule has 9 aromatic carbocycles. The SMILES string of the molecule is CC1(C)c2cc(-c3ccc(-c4nc5ccccc5n4-c4ccccc4)cc3)ccc2-c2cc3c(cc21)-c1ccc(-c2ccc(-c4nc5ccccc5n4-c4ccccc4)cc2)cc1C3(C)C. The molecule has 0 radical (unpaired) electrons. The second kappa shape index (κ2) is 14.2. The van der Waals surface area contributed by atoms with Crippen LogP contribution in [0.15, 0.2) is 206 Å². The molecule has 4 heteroatoms. The first-order chi connectivity index (χ1) is 32.2. The molecule has 2 aliphatic carbocycles. The van der Waals surface area contributed by atoms with Gasteiger partial charge in [-0.25, -0.2) is 9.97 Å². The fourth-order valence-corrected chi connectivity index (χ4v) is 11.1. The molecule has 0 unspecified atom stereocenters. The Balaban J connectivity index is 0.811. The third kappa shape index (κ3) is 5.71. The minimum atomic E-state index is -0.161. The lowest BCUT2D eigenvalue weighted by Gasteiger charge is -2.24. The largest absolute Gasteiger partial charge is 0.292 e. The number of fused-ring (bicyclic) bond motifs is 8. The van der Waals surface area contributed by atoms with Gasteiger partial charge in [0.15, 0.2) is 0 Å². The van der Waals surface area contributed by atoms with Gasteiger partial charge in [0, 0.05) is 33.3 Å². The van der Waals surface area contributed by atoms with Gasteiger partial charge < -0.3 is 0 Å². The highest BCUT2D eigenvalue weighted by molar-refractivity contribution is 5.92. The fourth-order valence-electron chi connectivity index (χ4n) is 11.1. The van der Waals surface area contributed by atoms with E-state index < -0.39 is 0 Å². The lowest BCUT2D eigenvalue weighted by molar-refractivity contribution is 0.652. The molecule has 0 atom stereocenters. The van der Waals surface area contributed by atoms with Gasteiger partial charge in [0.2, 0.25) is 0 Å². The molecular weight excluding hydrogens is 801 g/mol. The van der Waals surface area contributed by atoms with Crippen LogP contribution in [0, 0.1) is 0 Å². The van der Waals surface area contributed by atoms with Crippen LogP contribution in [-0.4, -0.2) is 19.1 Å². The zero-order valence-electron chi connectivity index (χ0n) is 37.4. The highest BCUT2D eigenvalue weighted by Crippen LogP contribution is 2.57. The average Bonchev–Trinajstić information content (AvgIpc) is 4.07. The molecule has 4 nitrogen and oxygen atoms in total. The summed E-state index contributed by atoms with van der Waals surface area (Å²) >= 11 is 0. The van der Waals surface area contributed by atoms with Crippen molar-refractivity contribution in [3.05, 3.63) is 229 Å². The van der Waals surface area contributed by atoms with Gasteiger partial charge in [0.25, 0.3) is 0 Å². The van der Waals surface area contributed by atoms with Gasteiger partial charge in [-0.1, -0.05) is 161 Å². The maximum Gasteiger partial charge on any atom is 0.145 e. The van der Waals surface area contributed by atoms with Crippen LogP contribution in [0.4, 0.5) is 0 Å². The Kier molecular flexibility index (Phi) is 8.26. The van der Waals surface area contributed by atoms with E-state index in [0.29, 0.717) is 0 Å². The van der Waals surface area contributed by atoms with E-state index in [1.54, 1.807) is 0 Å². The normalized spacial score (nSPS) is 14.0. The Morgan fingerprint density at radius 3 is 1.05 bits per heavy atom. The number of para-hydroxylation sites is 6. The number of nitrogens with zero attached hydrogens (tertiary/aromatic N) is 4. The summed E-state index contributed by atoms with van der Waals surface area (Å²) in [5, 5.41) is 0. The van der Waals surface area contributed by atoms with Crippen LogP contribution in [-0.2, 0) is 10.8 Å². The van der Waals surface area contributed by atoms with Gasteiger partial charge in [-0.3, -0.25) is 9.13 Å². The first-order valence-electron chi connectivity index (χ1n) is 23.0. The third-order valence-corrected chi connectivity index (χ3v) is 14.6. The van der Waals surface area contributed by atoms with Crippen LogP contribution in [0.3, 0.4) is 0 Å². The summed E-state index contributed by atoms with van der Waals surface area (Å²) in [5.41, 5.74) is 24.0. The Bertz CT molecular complexity index is 3470. The number of hydrogen-bond donors (Lipinski definition) is 0.